The summed E-state index contributed by atoms with van der Waals surface area (Å²) in [5.74, 6) is -7.26. The molecule has 1 unspecified atom stereocenters. The van der Waals surface area contributed by atoms with Crippen LogP contribution in [0.1, 0.15) is 39.9 Å². The summed E-state index contributed by atoms with van der Waals surface area (Å²) in [7, 11) is 11.7. The lowest BCUT2D eigenvalue weighted by Crippen LogP contribution is -2.64. The van der Waals surface area contributed by atoms with Crippen molar-refractivity contribution in [2.45, 2.75) is 37.3 Å². The van der Waals surface area contributed by atoms with Crippen molar-refractivity contribution in [3.8, 4) is 0 Å². The Hall–Kier alpha value is -3.20. The second-order valence-corrected chi connectivity index (χ2v) is 8.58. The Morgan fingerprint density at radius 3 is 2.50 bits per heavy atom. The molecule has 0 spiro atoms. The summed E-state index contributed by atoms with van der Waals surface area (Å²) in [4.78, 5) is 50.8. The van der Waals surface area contributed by atoms with E-state index in [1.54, 1.807) is 6.07 Å². The van der Waals surface area contributed by atoms with Gasteiger partial charge in [-0.2, -0.15) is 8.78 Å². The van der Waals surface area contributed by atoms with E-state index in [0.29, 0.717) is 15.9 Å². The maximum absolute atomic E-state index is 14.5. The highest BCUT2D eigenvalue weighted by Gasteiger charge is 2.49. The summed E-state index contributed by atoms with van der Waals surface area (Å²) in [6.45, 7) is -0.261. The van der Waals surface area contributed by atoms with Crippen LogP contribution in [0.2, 0.25) is 5.02 Å². The molecule has 170 valence electrons. The second kappa shape index (κ2) is 8.54. The average molecular weight is 481 g/mol. The number of carbonyl (C=O) groups excluding carboxylic acids is 4. The number of halogens is 3. The van der Waals surface area contributed by atoms with Gasteiger partial charge in [-0.15, -0.1) is 0 Å². The van der Waals surface area contributed by atoms with E-state index in [1.165, 1.54) is 24.3 Å². The van der Waals surface area contributed by atoms with E-state index < -0.39 is 40.6 Å². The molecule has 1 fully saturated rings. The molecule has 2 aromatic rings. The Morgan fingerprint density at radius 1 is 1.15 bits per heavy atom. The van der Waals surface area contributed by atoms with Crippen LogP contribution in [0.15, 0.2) is 42.5 Å². The molecule has 0 bridgehead atoms. The summed E-state index contributed by atoms with van der Waals surface area (Å²) >= 11 is 5.71. The smallest absolute Gasteiger partial charge is 0.346 e. The molecular formula is C22H16B2ClF2N3O4. The van der Waals surface area contributed by atoms with E-state index in [4.69, 9.17) is 27.4 Å². The van der Waals surface area contributed by atoms with Crippen LogP contribution in [0.25, 0.3) is 0 Å². The minimum absolute atomic E-state index is 0.0405. The normalized spacial score (nSPS) is 20.5. The van der Waals surface area contributed by atoms with Crippen LogP contribution in [-0.4, -0.2) is 54.6 Å². The number of piperidine rings is 1. The molecule has 2 aliphatic heterocycles. The zero-order chi connectivity index (χ0) is 24.8. The van der Waals surface area contributed by atoms with Crippen LogP contribution in [-0.2, 0) is 33.4 Å². The maximum Gasteiger partial charge on any atom is 0.349 e. The van der Waals surface area contributed by atoms with Crippen molar-refractivity contribution in [2.75, 3.05) is 0 Å². The van der Waals surface area contributed by atoms with E-state index >= 15 is 0 Å². The summed E-state index contributed by atoms with van der Waals surface area (Å²) in [6, 6.07) is 9.22. The van der Waals surface area contributed by atoms with Crippen LogP contribution in [0.5, 0.6) is 0 Å². The van der Waals surface area contributed by atoms with Gasteiger partial charge in [-0.3, -0.25) is 19.2 Å². The first-order valence-electron chi connectivity index (χ1n) is 10.2. The number of hydrogen-bond donors (Lipinski definition) is 1. The Morgan fingerprint density at radius 2 is 1.82 bits per heavy atom. The van der Waals surface area contributed by atoms with Gasteiger partial charge < -0.3 is 15.0 Å². The monoisotopic (exact) mass is 481 g/mol. The van der Waals surface area contributed by atoms with Crippen LogP contribution < -0.4 is 5.32 Å². The lowest BCUT2D eigenvalue weighted by Gasteiger charge is -2.43. The Labute approximate surface area is 201 Å². The first-order chi connectivity index (χ1) is 15.9. The number of benzene rings is 2. The minimum atomic E-state index is -3.77. The zero-order valence-corrected chi connectivity index (χ0v) is 18.4. The molecule has 2 aliphatic rings. The van der Waals surface area contributed by atoms with Crippen LogP contribution in [0.4, 0.5) is 8.78 Å². The second-order valence-electron chi connectivity index (χ2n) is 8.14. The van der Waals surface area contributed by atoms with Crippen molar-refractivity contribution in [3.05, 3.63) is 69.7 Å². The summed E-state index contributed by atoms with van der Waals surface area (Å²) in [6.07, 6.45) is -0.182. The van der Waals surface area contributed by atoms with Crippen molar-refractivity contribution in [1.82, 2.24) is 15.0 Å². The van der Waals surface area contributed by atoms with Crippen LogP contribution in [0.3, 0.4) is 0 Å². The van der Waals surface area contributed by atoms with E-state index in [-0.39, 0.29) is 36.5 Å². The molecule has 7 nitrogen and oxygen atoms in total. The Kier molecular flexibility index (Phi) is 6.01. The Balaban J connectivity index is 1.47. The quantitative estimate of drug-likeness (QED) is 0.521. The number of nitrogens with one attached hydrogen (secondary N) is 1. The number of hydrogen-bond acceptors (Lipinski definition) is 4. The van der Waals surface area contributed by atoms with Gasteiger partial charge in [0.15, 0.2) is 0 Å². The molecule has 0 aromatic heterocycles. The first-order valence-corrected chi connectivity index (χ1v) is 10.6. The standard InChI is InChI=1S/C22H16B2ClF2N3O4/c23-21(8-7-17(31)30(24)20(21)34)29-11-13-9-12(1-6-16(13)18(29)32)10-28-19(33)22(26,27)14-2-4-15(25)5-3-14/h1-6,9H,7-8,10-11H2,(H,28,33). The molecular weight excluding hydrogens is 465 g/mol. The molecule has 0 aliphatic carbocycles. The number of alkyl halides is 2. The van der Waals surface area contributed by atoms with E-state index in [1.807, 2.05) is 0 Å². The van der Waals surface area contributed by atoms with Gasteiger partial charge in [0.05, 0.1) is 5.44 Å². The van der Waals surface area contributed by atoms with E-state index in [2.05, 4.69) is 5.32 Å². The molecule has 0 saturated carbocycles. The van der Waals surface area contributed by atoms with Crippen molar-refractivity contribution < 1.29 is 28.0 Å². The van der Waals surface area contributed by atoms with Crippen molar-refractivity contribution >= 4 is 51.1 Å². The number of amides is 4. The molecule has 1 saturated heterocycles. The summed E-state index contributed by atoms with van der Waals surface area (Å²) < 4.78 is 28.9. The minimum Gasteiger partial charge on any atom is -0.346 e. The van der Waals surface area contributed by atoms with Gasteiger partial charge in [-0.05, 0) is 35.7 Å². The first kappa shape index (κ1) is 23.9. The highest BCUT2D eigenvalue weighted by molar-refractivity contribution is 6.38. The predicted molar refractivity (Wildman–Crippen MR) is 119 cm³/mol. The molecule has 4 radical (unpaired) electrons. The number of fused-ring (bicyclic) bond motifs is 1. The number of rotatable bonds is 5. The fourth-order valence-corrected chi connectivity index (χ4v) is 4.11. The van der Waals surface area contributed by atoms with Gasteiger partial charge in [0.2, 0.25) is 19.8 Å². The van der Waals surface area contributed by atoms with E-state index in [9.17, 15) is 28.0 Å². The van der Waals surface area contributed by atoms with Crippen molar-refractivity contribution in [3.63, 3.8) is 0 Å². The molecule has 1 N–H and O–H groups in total. The molecule has 34 heavy (non-hydrogen) atoms. The molecule has 12 heteroatoms. The SMILES string of the molecule is [B]N1C(=O)CCC([B])(N2Cc3cc(CNC(=O)C(F)(F)c4ccc(Cl)cc4)ccc3C2=O)C1=O. The van der Waals surface area contributed by atoms with Crippen LogP contribution >= 0.6 is 11.6 Å². The largest absolute Gasteiger partial charge is 0.349 e. The van der Waals surface area contributed by atoms with Crippen molar-refractivity contribution in [2.24, 2.45) is 0 Å². The molecule has 4 amide bonds. The number of nitrogens with zero attached hydrogens (tertiary/aromatic N) is 2. The maximum atomic E-state index is 14.5. The van der Waals surface area contributed by atoms with E-state index in [0.717, 1.165) is 17.0 Å². The molecule has 4 rings (SSSR count). The third-order valence-corrected chi connectivity index (χ3v) is 6.23. The third-order valence-electron chi connectivity index (χ3n) is 5.98. The van der Waals surface area contributed by atoms with Gasteiger partial charge >= 0.3 is 5.92 Å². The molecule has 1 atom stereocenters. The lowest BCUT2D eigenvalue weighted by atomic mass is 9.68. The molecule has 2 aromatic carbocycles. The van der Waals surface area contributed by atoms with Crippen LogP contribution in [0, 0.1) is 0 Å². The fourth-order valence-electron chi connectivity index (χ4n) is 3.99. The van der Waals surface area contributed by atoms with Gasteiger partial charge in [-0.1, -0.05) is 35.9 Å². The summed E-state index contributed by atoms with van der Waals surface area (Å²) in [5.41, 5.74) is -1.04. The lowest BCUT2D eigenvalue weighted by molar-refractivity contribution is -0.148. The topological polar surface area (TPSA) is 86.8 Å². The highest BCUT2D eigenvalue weighted by atomic mass is 35.5. The zero-order valence-electron chi connectivity index (χ0n) is 17.7. The van der Waals surface area contributed by atoms with Gasteiger partial charge in [-0.25, -0.2) is 0 Å². The molecule has 2 heterocycles. The third kappa shape index (κ3) is 3.98. The average Bonchev–Trinajstić information content (AvgIpc) is 3.15. The highest BCUT2D eigenvalue weighted by Crippen LogP contribution is 2.35. The van der Waals surface area contributed by atoms with Gasteiger partial charge in [0.1, 0.15) is 7.85 Å². The van der Waals surface area contributed by atoms with Gasteiger partial charge in [0.25, 0.3) is 11.8 Å². The summed E-state index contributed by atoms with van der Waals surface area (Å²) in [5, 5.41) is 2.46. The number of carbonyl (C=O) groups is 4. The fraction of sp³-hybridized carbons (Fsp3) is 0.273. The Bertz CT molecular complexity index is 1210. The van der Waals surface area contributed by atoms with Crippen molar-refractivity contribution in [1.29, 1.82) is 0 Å². The van der Waals surface area contributed by atoms with Gasteiger partial charge in [0, 0.05) is 35.7 Å². The number of imide groups is 1. The predicted octanol–water partition coefficient (Wildman–Crippen LogP) is 1.80.